The van der Waals surface area contributed by atoms with Crippen LogP contribution < -0.4 is 5.32 Å². The maximum absolute atomic E-state index is 13.0. The normalized spacial score (nSPS) is 11.7. The Morgan fingerprint density at radius 2 is 2.00 bits per heavy atom. The van der Waals surface area contributed by atoms with Crippen LogP contribution in [0, 0.1) is 0 Å². The van der Waals surface area contributed by atoms with E-state index in [2.05, 4.69) is 20.5 Å². The number of alkyl halides is 3. The van der Waals surface area contributed by atoms with Gasteiger partial charge in [0.1, 0.15) is 0 Å². The summed E-state index contributed by atoms with van der Waals surface area (Å²) in [5, 5.41) is 11.0. The lowest BCUT2D eigenvalue weighted by Gasteiger charge is -2.11. The Morgan fingerprint density at radius 1 is 1.17 bits per heavy atom. The van der Waals surface area contributed by atoms with Gasteiger partial charge in [0, 0.05) is 12.4 Å². The Bertz CT molecular complexity index is 1190. The fourth-order valence-corrected chi connectivity index (χ4v) is 3.05. The van der Waals surface area contributed by atoms with Crippen molar-refractivity contribution in [2.45, 2.75) is 19.5 Å². The quantitative estimate of drug-likeness (QED) is 0.566. The molecule has 148 valence electrons. The minimum Gasteiger partial charge on any atom is -0.319 e. The van der Waals surface area contributed by atoms with Gasteiger partial charge >= 0.3 is 6.18 Å². The van der Waals surface area contributed by atoms with Crippen molar-refractivity contribution in [2.75, 3.05) is 5.32 Å². The van der Waals surface area contributed by atoms with Gasteiger partial charge in [-0.2, -0.15) is 23.4 Å². The van der Waals surface area contributed by atoms with Crippen LogP contribution in [0.3, 0.4) is 0 Å². The van der Waals surface area contributed by atoms with Gasteiger partial charge in [-0.1, -0.05) is 13.0 Å². The summed E-state index contributed by atoms with van der Waals surface area (Å²) in [7, 11) is 0. The van der Waals surface area contributed by atoms with Crippen molar-refractivity contribution < 1.29 is 18.0 Å². The van der Waals surface area contributed by atoms with Gasteiger partial charge in [-0.3, -0.25) is 9.78 Å². The number of hydrogen-bond acceptors (Lipinski definition) is 4. The van der Waals surface area contributed by atoms with Crippen LogP contribution in [0.4, 0.5) is 18.9 Å². The molecule has 10 heteroatoms. The molecule has 0 fully saturated rings. The number of nitrogens with one attached hydrogen (secondary N) is 1. The van der Waals surface area contributed by atoms with Gasteiger partial charge in [0.2, 0.25) is 0 Å². The Labute approximate surface area is 162 Å². The van der Waals surface area contributed by atoms with E-state index >= 15 is 0 Å². The van der Waals surface area contributed by atoms with Crippen LogP contribution in [0.2, 0.25) is 0 Å². The molecule has 0 bridgehead atoms. The fraction of sp³-hybridized carbons (Fsp3) is 0.158. The van der Waals surface area contributed by atoms with Crippen LogP contribution >= 0.6 is 0 Å². The van der Waals surface area contributed by atoms with E-state index in [9.17, 15) is 18.0 Å². The lowest BCUT2D eigenvalue weighted by Crippen LogP contribution is -2.13. The largest absolute Gasteiger partial charge is 0.416 e. The lowest BCUT2D eigenvalue weighted by atomic mass is 10.2. The van der Waals surface area contributed by atoms with Crippen molar-refractivity contribution in [3.63, 3.8) is 0 Å². The molecular weight excluding hydrogens is 385 g/mol. The van der Waals surface area contributed by atoms with Crippen molar-refractivity contribution in [3.05, 3.63) is 72.1 Å². The van der Waals surface area contributed by atoms with Crippen molar-refractivity contribution in [2.24, 2.45) is 0 Å². The summed E-state index contributed by atoms with van der Waals surface area (Å²) < 4.78 is 42.0. The van der Waals surface area contributed by atoms with E-state index in [4.69, 9.17) is 0 Å². The van der Waals surface area contributed by atoms with E-state index in [1.807, 2.05) is 6.92 Å². The van der Waals surface area contributed by atoms with E-state index < -0.39 is 17.6 Å². The Morgan fingerprint density at radius 3 is 2.76 bits per heavy atom. The summed E-state index contributed by atoms with van der Waals surface area (Å²) in [6, 6.07) is 4.88. The Hall–Kier alpha value is -3.69. The summed E-state index contributed by atoms with van der Waals surface area (Å²) in [6.45, 7) is 1.83. The highest BCUT2D eigenvalue weighted by Crippen LogP contribution is 2.31. The predicted octanol–water partition coefficient (Wildman–Crippen LogP) is 3.75. The molecule has 0 saturated carbocycles. The smallest absolute Gasteiger partial charge is 0.319 e. The Balaban J connectivity index is 1.67. The predicted molar refractivity (Wildman–Crippen MR) is 98.9 cm³/mol. The molecular formula is C19H15F3N6O. The number of rotatable bonds is 4. The van der Waals surface area contributed by atoms with Gasteiger partial charge in [-0.05, 0) is 24.6 Å². The first kappa shape index (κ1) is 18.7. The number of amides is 1. The summed E-state index contributed by atoms with van der Waals surface area (Å²) in [6.07, 6.45) is 3.53. The highest BCUT2D eigenvalue weighted by Gasteiger charge is 2.30. The molecule has 0 saturated heterocycles. The number of aromatic nitrogens is 5. The number of carbonyl (C=O) groups is 1. The fourth-order valence-electron chi connectivity index (χ4n) is 3.05. The minimum absolute atomic E-state index is 0.261. The molecule has 4 rings (SSSR count). The van der Waals surface area contributed by atoms with E-state index in [-0.39, 0.29) is 5.69 Å². The second-order valence-electron chi connectivity index (χ2n) is 6.24. The minimum atomic E-state index is -4.45. The topological polar surface area (TPSA) is 77.1 Å². The highest BCUT2D eigenvalue weighted by atomic mass is 19.4. The number of nitrogens with zero attached hydrogens (tertiary/aromatic N) is 5. The second-order valence-corrected chi connectivity index (χ2v) is 6.24. The third-order valence-electron chi connectivity index (χ3n) is 4.44. The van der Waals surface area contributed by atoms with Gasteiger partial charge in [0.15, 0.2) is 0 Å². The second kappa shape index (κ2) is 7.04. The number of anilines is 1. The van der Waals surface area contributed by atoms with Crippen LogP contribution in [0.5, 0.6) is 0 Å². The summed E-state index contributed by atoms with van der Waals surface area (Å²) in [4.78, 5) is 16.7. The molecule has 0 spiro atoms. The number of carbonyl (C=O) groups excluding carboxylic acids is 1. The maximum atomic E-state index is 13.0. The maximum Gasteiger partial charge on any atom is 0.416 e. The van der Waals surface area contributed by atoms with Crippen molar-refractivity contribution >= 4 is 17.1 Å². The molecule has 1 N–H and O–H groups in total. The molecule has 7 nitrogen and oxygen atoms in total. The van der Waals surface area contributed by atoms with E-state index in [1.165, 1.54) is 39.9 Å². The Kier molecular flexibility index (Phi) is 4.53. The van der Waals surface area contributed by atoms with Crippen molar-refractivity contribution in [1.29, 1.82) is 0 Å². The van der Waals surface area contributed by atoms with Gasteiger partial charge in [-0.25, -0.2) is 9.20 Å². The summed E-state index contributed by atoms with van der Waals surface area (Å²) >= 11 is 0. The number of halogens is 3. The molecule has 0 atom stereocenters. The highest BCUT2D eigenvalue weighted by molar-refractivity contribution is 6.08. The first-order valence-corrected chi connectivity index (χ1v) is 8.71. The van der Waals surface area contributed by atoms with Crippen LogP contribution in [0.25, 0.3) is 11.2 Å². The van der Waals surface area contributed by atoms with E-state index in [1.54, 1.807) is 12.4 Å². The van der Waals surface area contributed by atoms with Crippen LogP contribution in [-0.4, -0.2) is 30.3 Å². The van der Waals surface area contributed by atoms with Crippen molar-refractivity contribution in [3.8, 4) is 5.69 Å². The zero-order valence-corrected chi connectivity index (χ0v) is 15.2. The molecule has 3 aromatic heterocycles. The standard InChI is InChI=1S/C19H15F3N6O/c1-2-16-15(26-18(29)14-9-24-27-7-6-23-11-17(14)27)10-25-28(16)13-5-3-4-12(8-13)19(20,21)22/h3-11H,2H2,1H3,(H,26,29). The van der Waals surface area contributed by atoms with Crippen LogP contribution in [-0.2, 0) is 12.6 Å². The van der Waals surface area contributed by atoms with Gasteiger partial charge in [-0.15, -0.1) is 0 Å². The molecule has 29 heavy (non-hydrogen) atoms. The van der Waals surface area contributed by atoms with E-state index in [0.29, 0.717) is 28.9 Å². The zero-order chi connectivity index (χ0) is 20.6. The SMILES string of the molecule is CCc1c(NC(=O)c2cnn3ccncc23)cnn1-c1cccc(C(F)(F)F)c1. The molecule has 0 aliphatic heterocycles. The van der Waals surface area contributed by atoms with Crippen molar-refractivity contribution in [1.82, 2.24) is 24.4 Å². The zero-order valence-electron chi connectivity index (χ0n) is 15.2. The number of benzene rings is 1. The molecule has 4 aromatic rings. The molecule has 1 amide bonds. The monoisotopic (exact) mass is 400 g/mol. The first-order chi connectivity index (χ1) is 13.9. The molecule has 1 aromatic carbocycles. The average molecular weight is 400 g/mol. The van der Waals surface area contributed by atoms with Crippen LogP contribution in [0.1, 0.15) is 28.5 Å². The molecule has 0 unspecified atom stereocenters. The third kappa shape index (κ3) is 3.44. The summed E-state index contributed by atoms with van der Waals surface area (Å²) in [5.41, 5.74) is 1.35. The van der Waals surface area contributed by atoms with Gasteiger partial charge in [0.25, 0.3) is 5.91 Å². The van der Waals surface area contributed by atoms with Crippen LogP contribution in [0.15, 0.2) is 55.2 Å². The number of fused-ring (bicyclic) bond motifs is 1. The molecule has 0 aliphatic rings. The lowest BCUT2D eigenvalue weighted by molar-refractivity contribution is -0.137. The first-order valence-electron chi connectivity index (χ1n) is 8.71. The molecule has 0 aliphatic carbocycles. The summed E-state index contributed by atoms with van der Waals surface area (Å²) in [5.74, 6) is -0.411. The van der Waals surface area contributed by atoms with E-state index in [0.717, 1.165) is 12.1 Å². The average Bonchev–Trinajstić information content (AvgIpc) is 3.31. The van der Waals surface area contributed by atoms with Gasteiger partial charge in [0.05, 0.1) is 52.3 Å². The molecule has 0 radical (unpaired) electrons. The van der Waals surface area contributed by atoms with Gasteiger partial charge < -0.3 is 5.32 Å². The number of hydrogen-bond donors (Lipinski definition) is 1. The molecule has 3 heterocycles. The third-order valence-corrected chi connectivity index (χ3v) is 4.44.